The van der Waals surface area contributed by atoms with Crippen molar-refractivity contribution in [2.24, 2.45) is 4.99 Å². The fraction of sp³-hybridized carbons (Fsp3) is 0.280. The molecule has 6 heteroatoms. The summed E-state index contributed by atoms with van der Waals surface area (Å²) in [5.74, 6) is 1.31. The zero-order valence-corrected chi connectivity index (χ0v) is 18.6. The Morgan fingerprint density at radius 3 is 2.55 bits per heavy atom. The molecule has 0 unspecified atom stereocenters. The molecule has 0 fully saturated rings. The maximum absolute atomic E-state index is 13.3. The number of fused-ring (bicyclic) bond motifs is 1. The van der Waals surface area contributed by atoms with E-state index >= 15 is 0 Å². The maximum atomic E-state index is 13.3. The molecule has 0 aliphatic heterocycles. The predicted molar refractivity (Wildman–Crippen MR) is 127 cm³/mol. The first-order valence-corrected chi connectivity index (χ1v) is 11.5. The van der Waals surface area contributed by atoms with Crippen molar-refractivity contribution >= 4 is 34.1 Å². The number of amides is 1. The summed E-state index contributed by atoms with van der Waals surface area (Å²) in [7, 11) is 0. The molecule has 1 aromatic heterocycles. The molecule has 0 radical (unpaired) electrons. The lowest BCUT2D eigenvalue weighted by Crippen LogP contribution is -2.14. The second-order valence-corrected chi connectivity index (χ2v) is 8.23. The highest BCUT2D eigenvalue weighted by atomic mass is 32.1. The van der Waals surface area contributed by atoms with Crippen LogP contribution in [-0.2, 0) is 12.8 Å². The third-order valence-corrected chi connectivity index (χ3v) is 6.30. The number of hydrogen-bond donors (Lipinski definition) is 1. The molecule has 4 rings (SSSR count). The molecule has 2 aromatic carbocycles. The normalized spacial score (nSPS) is 12.7. The minimum atomic E-state index is -0.142. The zero-order valence-electron chi connectivity index (χ0n) is 17.8. The Balaban J connectivity index is 1.66. The van der Waals surface area contributed by atoms with Gasteiger partial charge < -0.3 is 14.8 Å². The lowest BCUT2D eigenvalue weighted by atomic mass is 10.1. The lowest BCUT2D eigenvalue weighted by Gasteiger charge is -2.12. The standard InChI is InChI=1S/C25H26N2O3S/c1-3-29-20-13-7-5-10-17(20)16-26-25-23(18-11-9-15-22(18)31-25)24(28)27-19-12-6-8-14-21(19)30-4-2/h5-8,10,12-14,16H,3-4,9,11,15H2,1-2H3,(H,27,28)/b26-16+. The number of benzene rings is 2. The van der Waals surface area contributed by atoms with Gasteiger partial charge in [0.2, 0.25) is 0 Å². The highest BCUT2D eigenvalue weighted by molar-refractivity contribution is 7.16. The number of carbonyl (C=O) groups excluding carboxylic acids is 1. The van der Waals surface area contributed by atoms with Crippen molar-refractivity contribution in [3.05, 3.63) is 70.1 Å². The molecule has 1 aliphatic carbocycles. The summed E-state index contributed by atoms with van der Waals surface area (Å²) in [6.07, 6.45) is 4.78. The number of nitrogens with zero attached hydrogens (tertiary/aromatic N) is 1. The smallest absolute Gasteiger partial charge is 0.259 e. The number of para-hydroxylation sites is 3. The fourth-order valence-corrected chi connectivity index (χ4v) is 4.98. The third kappa shape index (κ3) is 4.64. The van der Waals surface area contributed by atoms with Crippen molar-refractivity contribution in [2.75, 3.05) is 18.5 Å². The summed E-state index contributed by atoms with van der Waals surface area (Å²) in [5, 5.41) is 3.78. The van der Waals surface area contributed by atoms with E-state index in [0.29, 0.717) is 30.2 Å². The number of anilines is 1. The molecule has 0 spiro atoms. The monoisotopic (exact) mass is 434 g/mol. The minimum absolute atomic E-state index is 0.142. The molecule has 5 nitrogen and oxygen atoms in total. The van der Waals surface area contributed by atoms with E-state index in [-0.39, 0.29) is 5.91 Å². The van der Waals surface area contributed by atoms with Gasteiger partial charge in [0.15, 0.2) is 0 Å². The molecule has 1 amide bonds. The van der Waals surface area contributed by atoms with Crippen molar-refractivity contribution in [1.29, 1.82) is 0 Å². The van der Waals surface area contributed by atoms with Crippen LogP contribution in [0.3, 0.4) is 0 Å². The molecule has 1 heterocycles. The molecule has 1 aliphatic rings. The number of aryl methyl sites for hydroxylation is 1. The summed E-state index contributed by atoms with van der Waals surface area (Å²) in [5.41, 5.74) is 3.37. The number of carbonyl (C=O) groups is 1. The predicted octanol–water partition coefficient (Wildman–Crippen LogP) is 6.04. The van der Waals surface area contributed by atoms with Crippen LogP contribution in [0.1, 0.15) is 46.6 Å². The average molecular weight is 435 g/mol. The van der Waals surface area contributed by atoms with Crippen molar-refractivity contribution in [2.45, 2.75) is 33.1 Å². The van der Waals surface area contributed by atoms with Crippen LogP contribution in [0, 0.1) is 0 Å². The molecule has 0 saturated carbocycles. The molecule has 160 valence electrons. The summed E-state index contributed by atoms with van der Waals surface area (Å²) in [6.45, 7) is 5.01. The highest BCUT2D eigenvalue weighted by Crippen LogP contribution is 2.41. The van der Waals surface area contributed by atoms with Crippen molar-refractivity contribution < 1.29 is 14.3 Å². The van der Waals surface area contributed by atoms with Gasteiger partial charge in [-0.05, 0) is 62.9 Å². The van der Waals surface area contributed by atoms with Gasteiger partial charge in [-0.25, -0.2) is 4.99 Å². The number of hydrogen-bond acceptors (Lipinski definition) is 5. The Morgan fingerprint density at radius 2 is 1.74 bits per heavy atom. The minimum Gasteiger partial charge on any atom is -0.493 e. The summed E-state index contributed by atoms with van der Waals surface area (Å²) in [4.78, 5) is 19.3. The van der Waals surface area contributed by atoms with Gasteiger partial charge in [0.1, 0.15) is 16.5 Å². The largest absolute Gasteiger partial charge is 0.493 e. The average Bonchev–Trinajstić information content (AvgIpc) is 3.36. The number of nitrogens with one attached hydrogen (secondary N) is 1. The quantitative estimate of drug-likeness (QED) is 0.440. The van der Waals surface area contributed by atoms with Crippen molar-refractivity contribution in [3.8, 4) is 11.5 Å². The van der Waals surface area contributed by atoms with Gasteiger partial charge in [-0.3, -0.25) is 4.79 Å². The molecule has 31 heavy (non-hydrogen) atoms. The highest BCUT2D eigenvalue weighted by Gasteiger charge is 2.27. The number of ether oxygens (including phenoxy) is 2. The Kier molecular flexibility index (Phi) is 6.67. The van der Waals surface area contributed by atoms with E-state index in [4.69, 9.17) is 14.5 Å². The van der Waals surface area contributed by atoms with E-state index in [1.54, 1.807) is 17.6 Å². The second kappa shape index (κ2) is 9.79. The van der Waals surface area contributed by atoms with Crippen LogP contribution in [0.4, 0.5) is 10.7 Å². The van der Waals surface area contributed by atoms with E-state index in [1.807, 2.05) is 62.4 Å². The summed E-state index contributed by atoms with van der Waals surface area (Å²) >= 11 is 1.61. The summed E-state index contributed by atoms with van der Waals surface area (Å²) in [6, 6.07) is 15.3. The molecule has 0 saturated heterocycles. The van der Waals surface area contributed by atoms with E-state index in [9.17, 15) is 4.79 Å². The topological polar surface area (TPSA) is 59.9 Å². The first-order chi connectivity index (χ1) is 15.2. The van der Waals surface area contributed by atoms with Gasteiger partial charge in [-0.2, -0.15) is 0 Å². The van der Waals surface area contributed by atoms with Gasteiger partial charge in [-0.1, -0.05) is 24.3 Å². The van der Waals surface area contributed by atoms with Crippen LogP contribution < -0.4 is 14.8 Å². The van der Waals surface area contributed by atoms with Crippen LogP contribution in [-0.4, -0.2) is 25.3 Å². The molecule has 1 N–H and O–H groups in total. The second-order valence-electron chi connectivity index (χ2n) is 7.15. The van der Waals surface area contributed by atoms with Crippen LogP contribution in [0.5, 0.6) is 11.5 Å². The Bertz CT molecular complexity index is 1100. The van der Waals surface area contributed by atoms with Gasteiger partial charge in [0, 0.05) is 16.7 Å². The van der Waals surface area contributed by atoms with Crippen LogP contribution in [0.25, 0.3) is 0 Å². The third-order valence-electron chi connectivity index (χ3n) is 5.10. The first kappa shape index (κ1) is 21.1. The number of thiophene rings is 1. The molecule has 3 aromatic rings. The SMILES string of the molecule is CCOc1ccccc1/C=N/c1sc2c(c1C(=O)Nc1ccccc1OCC)CCC2. The Labute approximate surface area is 186 Å². The first-order valence-electron chi connectivity index (χ1n) is 10.6. The molecular formula is C25H26N2O3S. The lowest BCUT2D eigenvalue weighted by molar-refractivity contribution is 0.102. The van der Waals surface area contributed by atoms with Gasteiger partial charge in [-0.15, -0.1) is 11.3 Å². The van der Waals surface area contributed by atoms with Crippen LogP contribution >= 0.6 is 11.3 Å². The Hall–Kier alpha value is -3.12. The maximum Gasteiger partial charge on any atom is 0.259 e. The fourth-order valence-electron chi connectivity index (χ4n) is 3.75. The van der Waals surface area contributed by atoms with Crippen LogP contribution in [0.2, 0.25) is 0 Å². The Morgan fingerprint density at radius 1 is 1.03 bits per heavy atom. The van der Waals surface area contributed by atoms with Gasteiger partial charge >= 0.3 is 0 Å². The van der Waals surface area contributed by atoms with Gasteiger partial charge in [0.25, 0.3) is 5.91 Å². The molecular weight excluding hydrogens is 408 g/mol. The van der Waals surface area contributed by atoms with E-state index in [1.165, 1.54) is 4.88 Å². The number of aliphatic imine (C=N–C) groups is 1. The summed E-state index contributed by atoms with van der Waals surface area (Å²) < 4.78 is 11.4. The van der Waals surface area contributed by atoms with Crippen molar-refractivity contribution in [3.63, 3.8) is 0 Å². The van der Waals surface area contributed by atoms with E-state index < -0.39 is 0 Å². The van der Waals surface area contributed by atoms with Crippen molar-refractivity contribution in [1.82, 2.24) is 0 Å². The zero-order chi connectivity index (χ0) is 21.6. The van der Waals surface area contributed by atoms with E-state index in [2.05, 4.69) is 5.32 Å². The molecule has 0 bridgehead atoms. The van der Waals surface area contributed by atoms with Crippen LogP contribution in [0.15, 0.2) is 53.5 Å². The number of rotatable bonds is 8. The van der Waals surface area contributed by atoms with E-state index in [0.717, 1.165) is 41.1 Å². The van der Waals surface area contributed by atoms with Gasteiger partial charge in [0.05, 0.1) is 24.5 Å². The molecule has 0 atom stereocenters.